The zero-order chi connectivity index (χ0) is 15.5. The maximum absolute atomic E-state index is 12.0. The first-order chi connectivity index (χ1) is 10.7. The van der Waals surface area contributed by atoms with Gasteiger partial charge in [0.2, 0.25) is 0 Å². The van der Waals surface area contributed by atoms with E-state index in [-0.39, 0.29) is 35.6 Å². The van der Waals surface area contributed by atoms with Crippen LogP contribution in [-0.4, -0.2) is 26.9 Å². The second-order valence-corrected chi connectivity index (χ2v) is 8.45. The third-order valence-electron chi connectivity index (χ3n) is 4.52. The molecule has 1 saturated heterocycles. The molecule has 4 atom stereocenters. The fourth-order valence-corrected chi connectivity index (χ4v) is 5.25. The van der Waals surface area contributed by atoms with Crippen molar-refractivity contribution >= 4 is 31.4 Å². The standard InChI is InChI=1S/C18H20O3Se/c1-12-9-10-13(16-15(12)17(19)21-18(16)20)6-5-11-22-14-7-3-2-4-8-14/h2-4,7-10,12-13,15-16H,5-6,11H2,1H3/t12-,13+,15-,16+/m0/s1. The first kappa shape index (κ1) is 15.5. The number of ether oxygens (including phenoxy) is 1. The van der Waals surface area contributed by atoms with Crippen LogP contribution in [0, 0.1) is 23.7 Å². The summed E-state index contributed by atoms with van der Waals surface area (Å²) >= 11 is 0.484. The molecule has 1 fully saturated rings. The summed E-state index contributed by atoms with van der Waals surface area (Å²) in [4.78, 5) is 23.8. The van der Waals surface area contributed by atoms with Gasteiger partial charge in [0.15, 0.2) is 0 Å². The topological polar surface area (TPSA) is 43.4 Å². The zero-order valence-corrected chi connectivity index (χ0v) is 14.3. The molecule has 0 unspecified atom stereocenters. The van der Waals surface area contributed by atoms with Crippen LogP contribution in [0.3, 0.4) is 0 Å². The number of esters is 2. The van der Waals surface area contributed by atoms with Gasteiger partial charge in [-0.05, 0) is 0 Å². The van der Waals surface area contributed by atoms with Crippen molar-refractivity contribution in [3.63, 3.8) is 0 Å². The van der Waals surface area contributed by atoms with Crippen LogP contribution in [0.4, 0.5) is 0 Å². The number of fused-ring (bicyclic) bond motifs is 1. The van der Waals surface area contributed by atoms with Gasteiger partial charge in [-0.3, -0.25) is 0 Å². The first-order valence-electron chi connectivity index (χ1n) is 7.78. The molecule has 2 aliphatic rings. The van der Waals surface area contributed by atoms with Gasteiger partial charge in [0, 0.05) is 0 Å². The Kier molecular flexibility index (Phi) is 4.80. The fourth-order valence-electron chi connectivity index (χ4n) is 3.37. The van der Waals surface area contributed by atoms with Crippen molar-refractivity contribution in [3.8, 4) is 0 Å². The van der Waals surface area contributed by atoms with E-state index in [1.807, 2.05) is 13.0 Å². The molecule has 116 valence electrons. The second-order valence-electron chi connectivity index (χ2n) is 6.00. The Morgan fingerprint density at radius 3 is 2.55 bits per heavy atom. The van der Waals surface area contributed by atoms with Gasteiger partial charge in [0.1, 0.15) is 0 Å². The molecule has 4 heteroatoms. The Bertz CT molecular complexity index is 581. The summed E-state index contributed by atoms with van der Waals surface area (Å²) in [5.41, 5.74) is 0. The molecule has 1 heterocycles. The minimum absolute atomic E-state index is 0.105. The summed E-state index contributed by atoms with van der Waals surface area (Å²) in [6.07, 6.45) is 6.25. The van der Waals surface area contributed by atoms with Crippen molar-refractivity contribution in [1.82, 2.24) is 0 Å². The molecule has 3 rings (SSSR count). The van der Waals surface area contributed by atoms with Crippen molar-refractivity contribution in [3.05, 3.63) is 42.5 Å². The number of carbonyl (C=O) groups is 2. The third-order valence-corrected chi connectivity index (χ3v) is 6.82. The maximum atomic E-state index is 12.0. The summed E-state index contributed by atoms with van der Waals surface area (Å²) in [5.74, 6) is -0.894. The van der Waals surface area contributed by atoms with Crippen LogP contribution in [0.1, 0.15) is 19.8 Å². The first-order valence-corrected chi connectivity index (χ1v) is 9.85. The molecular formula is C18H20O3Se. The van der Waals surface area contributed by atoms with E-state index in [0.717, 1.165) is 18.2 Å². The minimum atomic E-state index is -0.328. The number of hydrogen-bond donors (Lipinski definition) is 0. The van der Waals surface area contributed by atoms with Crippen LogP contribution in [0.15, 0.2) is 42.5 Å². The van der Waals surface area contributed by atoms with Crippen molar-refractivity contribution in [2.75, 3.05) is 0 Å². The van der Waals surface area contributed by atoms with Gasteiger partial charge in [0.25, 0.3) is 0 Å². The second kappa shape index (κ2) is 6.80. The van der Waals surface area contributed by atoms with E-state index in [1.165, 1.54) is 4.46 Å². The molecule has 0 amide bonds. The molecular weight excluding hydrogens is 343 g/mol. The number of cyclic esters (lactones) is 2. The van der Waals surface area contributed by atoms with E-state index >= 15 is 0 Å². The monoisotopic (exact) mass is 364 g/mol. The van der Waals surface area contributed by atoms with Crippen molar-refractivity contribution in [2.24, 2.45) is 23.7 Å². The fraction of sp³-hybridized carbons (Fsp3) is 0.444. The third kappa shape index (κ3) is 3.18. The van der Waals surface area contributed by atoms with Crippen LogP contribution < -0.4 is 4.46 Å². The van der Waals surface area contributed by atoms with Crippen LogP contribution in [-0.2, 0) is 14.3 Å². The van der Waals surface area contributed by atoms with Crippen molar-refractivity contribution in [2.45, 2.75) is 25.1 Å². The molecule has 0 spiro atoms. The van der Waals surface area contributed by atoms with Gasteiger partial charge in [-0.2, -0.15) is 0 Å². The molecule has 1 aliphatic carbocycles. The normalized spacial score (nSPS) is 30.2. The average Bonchev–Trinajstić information content (AvgIpc) is 2.83. The van der Waals surface area contributed by atoms with Crippen LogP contribution in [0.25, 0.3) is 0 Å². The predicted molar refractivity (Wildman–Crippen MR) is 85.7 cm³/mol. The van der Waals surface area contributed by atoms with E-state index < -0.39 is 0 Å². The Morgan fingerprint density at radius 1 is 1.05 bits per heavy atom. The molecule has 3 nitrogen and oxygen atoms in total. The van der Waals surface area contributed by atoms with Gasteiger partial charge in [-0.1, -0.05) is 0 Å². The molecule has 0 N–H and O–H groups in total. The van der Waals surface area contributed by atoms with E-state index in [0.29, 0.717) is 15.0 Å². The predicted octanol–water partition coefficient (Wildman–Crippen LogP) is 2.35. The summed E-state index contributed by atoms with van der Waals surface area (Å²) in [6.45, 7) is 1.99. The molecule has 0 bridgehead atoms. The molecule has 1 aromatic carbocycles. The Balaban J connectivity index is 1.55. The van der Waals surface area contributed by atoms with Crippen molar-refractivity contribution in [1.29, 1.82) is 0 Å². The van der Waals surface area contributed by atoms with Gasteiger partial charge in [-0.15, -0.1) is 0 Å². The SMILES string of the molecule is C[C@H]1C=C[C@@H](CCC[Se]c2ccccc2)[C@H]2C(=O)OC(=O)[C@H]21. The Hall–Kier alpha value is -1.38. The zero-order valence-electron chi connectivity index (χ0n) is 12.6. The average molecular weight is 363 g/mol. The van der Waals surface area contributed by atoms with E-state index in [2.05, 4.69) is 36.4 Å². The quantitative estimate of drug-likeness (QED) is 0.265. The van der Waals surface area contributed by atoms with Crippen LogP contribution >= 0.6 is 0 Å². The Morgan fingerprint density at radius 2 is 1.77 bits per heavy atom. The number of allylic oxidation sites excluding steroid dienone is 2. The molecule has 1 aromatic rings. The number of benzene rings is 1. The summed E-state index contributed by atoms with van der Waals surface area (Å²) < 4.78 is 6.28. The van der Waals surface area contributed by atoms with Crippen molar-refractivity contribution < 1.29 is 14.3 Å². The number of carbonyl (C=O) groups excluding carboxylic acids is 2. The number of hydrogen-bond acceptors (Lipinski definition) is 3. The Labute approximate surface area is 137 Å². The number of rotatable bonds is 5. The van der Waals surface area contributed by atoms with E-state index in [9.17, 15) is 9.59 Å². The molecule has 0 radical (unpaired) electrons. The van der Waals surface area contributed by atoms with E-state index in [1.54, 1.807) is 0 Å². The summed E-state index contributed by atoms with van der Waals surface area (Å²) in [7, 11) is 0. The van der Waals surface area contributed by atoms with Gasteiger partial charge in [0.05, 0.1) is 0 Å². The summed E-state index contributed by atoms with van der Waals surface area (Å²) in [6, 6.07) is 10.5. The van der Waals surface area contributed by atoms with Gasteiger partial charge < -0.3 is 0 Å². The van der Waals surface area contributed by atoms with Crippen LogP contribution in [0.5, 0.6) is 0 Å². The molecule has 1 aliphatic heterocycles. The van der Waals surface area contributed by atoms with E-state index in [4.69, 9.17) is 4.74 Å². The van der Waals surface area contributed by atoms with Crippen LogP contribution in [0.2, 0.25) is 5.32 Å². The summed E-state index contributed by atoms with van der Waals surface area (Å²) in [5, 5.41) is 1.16. The molecule has 0 saturated carbocycles. The van der Waals surface area contributed by atoms with Gasteiger partial charge >= 0.3 is 137 Å². The molecule has 22 heavy (non-hydrogen) atoms. The van der Waals surface area contributed by atoms with Gasteiger partial charge in [-0.25, -0.2) is 0 Å². The molecule has 0 aromatic heterocycles.